The predicted molar refractivity (Wildman–Crippen MR) is 78.8 cm³/mol. The van der Waals surface area contributed by atoms with E-state index in [0.717, 1.165) is 14.6 Å². The topological polar surface area (TPSA) is 42.0 Å². The zero-order chi connectivity index (χ0) is 13.1. The summed E-state index contributed by atoms with van der Waals surface area (Å²) in [5.41, 5.74) is 1.43. The SMILES string of the molecule is Cc1cccc(NC(=O)c2ccc(Br)cc2Br)n1. The minimum Gasteiger partial charge on any atom is -0.307 e. The molecule has 1 aromatic carbocycles. The Morgan fingerprint density at radius 1 is 1.22 bits per heavy atom. The molecule has 2 aromatic rings. The third-order valence-electron chi connectivity index (χ3n) is 2.31. The number of anilines is 1. The molecule has 92 valence electrons. The molecule has 1 amide bonds. The first kappa shape index (κ1) is 13.2. The molecular weight excluding hydrogens is 360 g/mol. The number of amides is 1. The van der Waals surface area contributed by atoms with E-state index in [4.69, 9.17) is 0 Å². The number of nitrogens with one attached hydrogen (secondary N) is 1. The summed E-state index contributed by atoms with van der Waals surface area (Å²) >= 11 is 6.71. The van der Waals surface area contributed by atoms with Gasteiger partial charge in [-0.3, -0.25) is 4.79 Å². The quantitative estimate of drug-likeness (QED) is 0.863. The number of halogens is 2. The lowest BCUT2D eigenvalue weighted by atomic mass is 10.2. The predicted octanol–water partition coefficient (Wildman–Crippen LogP) is 4.17. The summed E-state index contributed by atoms with van der Waals surface area (Å²) in [6.45, 7) is 1.88. The maximum Gasteiger partial charge on any atom is 0.257 e. The van der Waals surface area contributed by atoms with E-state index in [1.807, 2.05) is 31.2 Å². The van der Waals surface area contributed by atoms with Gasteiger partial charge in [-0.05, 0) is 53.2 Å². The second kappa shape index (κ2) is 5.63. The molecule has 0 fully saturated rings. The molecule has 0 aliphatic carbocycles. The summed E-state index contributed by atoms with van der Waals surface area (Å²) in [4.78, 5) is 16.3. The van der Waals surface area contributed by atoms with Crippen LogP contribution < -0.4 is 5.32 Å². The number of rotatable bonds is 2. The maximum absolute atomic E-state index is 12.1. The molecule has 1 N–H and O–H groups in total. The molecule has 0 spiro atoms. The number of aryl methyl sites for hydroxylation is 1. The van der Waals surface area contributed by atoms with Crippen LogP contribution in [0.5, 0.6) is 0 Å². The van der Waals surface area contributed by atoms with Gasteiger partial charge in [0.1, 0.15) is 5.82 Å². The number of benzene rings is 1. The van der Waals surface area contributed by atoms with Crippen molar-refractivity contribution in [1.29, 1.82) is 0 Å². The fourth-order valence-corrected chi connectivity index (χ4v) is 2.70. The summed E-state index contributed by atoms with van der Waals surface area (Å²) < 4.78 is 1.65. The average Bonchev–Trinajstić information content (AvgIpc) is 2.28. The maximum atomic E-state index is 12.1. The largest absolute Gasteiger partial charge is 0.307 e. The van der Waals surface area contributed by atoms with Gasteiger partial charge in [0.2, 0.25) is 0 Å². The Morgan fingerprint density at radius 3 is 2.67 bits per heavy atom. The molecular formula is C13H10Br2N2O. The van der Waals surface area contributed by atoms with E-state index < -0.39 is 0 Å². The van der Waals surface area contributed by atoms with Crippen molar-refractivity contribution in [2.75, 3.05) is 5.32 Å². The van der Waals surface area contributed by atoms with E-state index in [1.54, 1.807) is 12.1 Å². The second-order valence-electron chi connectivity index (χ2n) is 3.74. The monoisotopic (exact) mass is 368 g/mol. The van der Waals surface area contributed by atoms with Crippen molar-refractivity contribution in [2.45, 2.75) is 6.92 Å². The van der Waals surface area contributed by atoms with Gasteiger partial charge in [-0.15, -0.1) is 0 Å². The summed E-state index contributed by atoms with van der Waals surface area (Å²) in [7, 11) is 0. The van der Waals surface area contributed by atoms with Crippen molar-refractivity contribution >= 4 is 43.6 Å². The first-order valence-corrected chi connectivity index (χ1v) is 6.85. The standard InChI is InChI=1S/C13H10Br2N2O/c1-8-3-2-4-12(16-8)17-13(18)10-6-5-9(14)7-11(10)15/h2-7H,1H3,(H,16,17,18). The van der Waals surface area contributed by atoms with Crippen LogP contribution in [0.25, 0.3) is 0 Å². The highest BCUT2D eigenvalue weighted by atomic mass is 79.9. The molecule has 0 radical (unpaired) electrons. The number of carbonyl (C=O) groups is 1. The van der Waals surface area contributed by atoms with Crippen LogP contribution in [0, 0.1) is 6.92 Å². The highest BCUT2D eigenvalue weighted by molar-refractivity contribution is 9.11. The van der Waals surface area contributed by atoms with E-state index in [0.29, 0.717) is 11.4 Å². The van der Waals surface area contributed by atoms with Crippen molar-refractivity contribution in [1.82, 2.24) is 4.98 Å². The molecule has 0 bridgehead atoms. The van der Waals surface area contributed by atoms with Crippen molar-refractivity contribution < 1.29 is 4.79 Å². The minimum atomic E-state index is -0.188. The normalized spacial score (nSPS) is 10.2. The van der Waals surface area contributed by atoms with Crippen LogP contribution in [0.1, 0.15) is 16.1 Å². The third kappa shape index (κ3) is 3.17. The third-order valence-corrected chi connectivity index (χ3v) is 3.46. The second-order valence-corrected chi connectivity index (χ2v) is 5.51. The fourth-order valence-electron chi connectivity index (χ4n) is 1.47. The van der Waals surface area contributed by atoms with Crippen molar-refractivity contribution in [2.24, 2.45) is 0 Å². The van der Waals surface area contributed by atoms with Gasteiger partial charge in [0.15, 0.2) is 0 Å². The number of nitrogens with zero attached hydrogens (tertiary/aromatic N) is 1. The van der Waals surface area contributed by atoms with Crippen LogP contribution >= 0.6 is 31.9 Å². The molecule has 18 heavy (non-hydrogen) atoms. The van der Waals surface area contributed by atoms with Crippen LogP contribution in [0.4, 0.5) is 5.82 Å². The average molecular weight is 370 g/mol. The number of hydrogen-bond acceptors (Lipinski definition) is 2. The van der Waals surface area contributed by atoms with E-state index in [1.165, 1.54) is 0 Å². The van der Waals surface area contributed by atoms with E-state index >= 15 is 0 Å². The molecule has 3 nitrogen and oxygen atoms in total. The zero-order valence-electron chi connectivity index (χ0n) is 9.58. The lowest BCUT2D eigenvalue weighted by Crippen LogP contribution is -2.13. The zero-order valence-corrected chi connectivity index (χ0v) is 12.7. The molecule has 0 aliphatic rings. The van der Waals surface area contributed by atoms with Gasteiger partial charge in [-0.1, -0.05) is 22.0 Å². The Morgan fingerprint density at radius 2 is 2.00 bits per heavy atom. The van der Waals surface area contributed by atoms with Crippen LogP contribution in [0.15, 0.2) is 45.3 Å². The van der Waals surface area contributed by atoms with Gasteiger partial charge in [0, 0.05) is 14.6 Å². The summed E-state index contributed by atoms with van der Waals surface area (Å²) in [6.07, 6.45) is 0. The van der Waals surface area contributed by atoms with Crippen LogP contribution in [-0.4, -0.2) is 10.9 Å². The van der Waals surface area contributed by atoms with Crippen LogP contribution in [0.3, 0.4) is 0 Å². The smallest absolute Gasteiger partial charge is 0.257 e. The molecule has 0 saturated heterocycles. The molecule has 1 aromatic heterocycles. The van der Waals surface area contributed by atoms with E-state index in [9.17, 15) is 4.79 Å². The van der Waals surface area contributed by atoms with Gasteiger partial charge in [0.05, 0.1) is 5.56 Å². The molecule has 0 unspecified atom stereocenters. The molecule has 1 heterocycles. The molecule has 0 aliphatic heterocycles. The molecule has 0 atom stereocenters. The Kier molecular flexibility index (Phi) is 4.14. The molecule has 5 heteroatoms. The molecule has 0 saturated carbocycles. The number of aromatic nitrogens is 1. The van der Waals surface area contributed by atoms with E-state index in [-0.39, 0.29) is 5.91 Å². The van der Waals surface area contributed by atoms with Gasteiger partial charge in [-0.25, -0.2) is 4.98 Å². The first-order valence-electron chi connectivity index (χ1n) is 5.26. The van der Waals surface area contributed by atoms with Crippen molar-refractivity contribution in [3.05, 3.63) is 56.6 Å². The number of pyridine rings is 1. The first-order chi connectivity index (χ1) is 8.56. The number of hydrogen-bond donors (Lipinski definition) is 1. The van der Waals surface area contributed by atoms with Gasteiger partial charge in [-0.2, -0.15) is 0 Å². The Hall–Kier alpha value is -1.20. The highest BCUT2D eigenvalue weighted by Gasteiger charge is 2.10. The van der Waals surface area contributed by atoms with Gasteiger partial charge in [0.25, 0.3) is 5.91 Å². The highest BCUT2D eigenvalue weighted by Crippen LogP contribution is 2.22. The van der Waals surface area contributed by atoms with Gasteiger partial charge >= 0.3 is 0 Å². The van der Waals surface area contributed by atoms with Crippen molar-refractivity contribution in [3.63, 3.8) is 0 Å². The summed E-state index contributed by atoms with van der Waals surface area (Å²) in [5.74, 6) is 0.363. The minimum absolute atomic E-state index is 0.188. The van der Waals surface area contributed by atoms with Gasteiger partial charge < -0.3 is 5.32 Å². The number of carbonyl (C=O) groups excluding carboxylic acids is 1. The molecule has 2 rings (SSSR count). The lowest BCUT2D eigenvalue weighted by Gasteiger charge is -2.07. The Bertz CT molecular complexity index is 599. The fraction of sp³-hybridized carbons (Fsp3) is 0.0769. The Balaban J connectivity index is 2.22. The summed E-state index contributed by atoms with van der Waals surface area (Å²) in [5, 5.41) is 2.76. The Labute approximate surface area is 122 Å². The van der Waals surface area contributed by atoms with Crippen molar-refractivity contribution in [3.8, 4) is 0 Å². The van der Waals surface area contributed by atoms with Crippen LogP contribution in [0.2, 0.25) is 0 Å². The van der Waals surface area contributed by atoms with Crippen LogP contribution in [-0.2, 0) is 0 Å². The van der Waals surface area contributed by atoms with E-state index in [2.05, 4.69) is 42.2 Å². The lowest BCUT2D eigenvalue weighted by molar-refractivity contribution is 0.102. The summed E-state index contributed by atoms with van der Waals surface area (Å²) in [6, 6.07) is 10.9.